The Labute approximate surface area is 68.1 Å². The summed E-state index contributed by atoms with van der Waals surface area (Å²) in [6.45, 7) is 4.30. The van der Waals surface area contributed by atoms with E-state index in [-0.39, 0.29) is 11.5 Å². The summed E-state index contributed by atoms with van der Waals surface area (Å²) in [7, 11) is 0. The van der Waals surface area contributed by atoms with Gasteiger partial charge in [0.05, 0.1) is 6.10 Å². The zero-order chi connectivity index (χ0) is 8.06. The second-order valence-electron chi connectivity index (χ2n) is 4.26. The van der Waals surface area contributed by atoms with Gasteiger partial charge in [-0.2, -0.15) is 0 Å². The lowest BCUT2D eigenvalue weighted by atomic mass is 9.79. The fourth-order valence-corrected chi connectivity index (χ4v) is 2.89. The van der Waals surface area contributed by atoms with Gasteiger partial charge in [-0.1, -0.05) is 18.6 Å². The maximum atomic E-state index is 9.74. The van der Waals surface area contributed by atoms with Gasteiger partial charge in [0.1, 0.15) is 0 Å². The fraction of sp³-hybridized carbons (Fsp3) is 0.800. The molecular weight excluding hydrogens is 136 g/mol. The van der Waals surface area contributed by atoms with Crippen LogP contribution < -0.4 is 0 Å². The van der Waals surface area contributed by atoms with E-state index in [4.69, 9.17) is 0 Å². The average molecular weight is 152 g/mol. The van der Waals surface area contributed by atoms with Crippen molar-refractivity contribution in [3.05, 3.63) is 11.6 Å². The molecule has 2 aliphatic carbocycles. The van der Waals surface area contributed by atoms with Crippen molar-refractivity contribution >= 4 is 0 Å². The lowest BCUT2D eigenvalue weighted by Gasteiger charge is -2.29. The summed E-state index contributed by atoms with van der Waals surface area (Å²) < 4.78 is 0. The van der Waals surface area contributed by atoms with Crippen molar-refractivity contribution in [2.24, 2.45) is 11.3 Å². The number of hydrogen-bond donors (Lipinski definition) is 1. The molecule has 2 rings (SSSR count). The second kappa shape index (κ2) is 2.10. The summed E-state index contributed by atoms with van der Waals surface area (Å²) in [5.74, 6) is 0.779. The lowest BCUT2D eigenvalue weighted by Crippen LogP contribution is -2.28. The van der Waals surface area contributed by atoms with E-state index in [9.17, 15) is 5.11 Å². The van der Waals surface area contributed by atoms with Crippen LogP contribution in [0.1, 0.15) is 33.1 Å². The van der Waals surface area contributed by atoms with E-state index in [0.717, 1.165) is 12.3 Å². The van der Waals surface area contributed by atoms with E-state index in [1.165, 1.54) is 18.4 Å². The number of fused-ring (bicyclic) bond motifs is 2. The quantitative estimate of drug-likeness (QED) is 0.527. The minimum absolute atomic E-state index is 0.0625. The van der Waals surface area contributed by atoms with Gasteiger partial charge in [0.2, 0.25) is 0 Å². The zero-order valence-corrected chi connectivity index (χ0v) is 7.30. The van der Waals surface area contributed by atoms with Gasteiger partial charge >= 0.3 is 0 Å². The van der Waals surface area contributed by atoms with Crippen LogP contribution in [0.2, 0.25) is 0 Å². The highest BCUT2D eigenvalue weighted by Gasteiger charge is 2.50. The van der Waals surface area contributed by atoms with Crippen molar-refractivity contribution in [3.8, 4) is 0 Å². The van der Waals surface area contributed by atoms with E-state index < -0.39 is 0 Å². The Kier molecular flexibility index (Phi) is 1.40. The van der Waals surface area contributed by atoms with Crippen LogP contribution in [0.25, 0.3) is 0 Å². The summed E-state index contributed by atoms with van der Waals surface area (Å²) in [4.78, 5) is 0. The van der Waals surface area contributed by atoms with Gasteiger partial charge in [-0.05, 0) is 32.1 Å². The van der Waals surface area contributed by atoms with E-state index in [1.54, 1.807) is 0 Å². The van der Waals surface area contributed by atoms with Gasteiger partial charge in [-0.15, -0.1) is 0 Å². The number of allylic oxidation sites excluding steroid dienone is 1. The van der Waals surface area contributed by atoms with Gasteiger partial charge < -0.3 is 5.11 Å². The molecule has 0 spiro atoms. The Morgan fingerprint density at radius 2 is 2.36 bits per heavy atom. The molecule has 0 aromatic rings. The minimum Gasteiger partial charge on any atom is -0.392 e. The number of hydrogen-bond acceptors (Lipinski definition) is 1. The standard InChI is InChI=1S/C10H16O/c1-3-8-4-7-5-9(11)10(8,2)6-7/h3,7,9,11H,4-6H2,1-2H3. The van der Waals surface area contributed by atoms with Crippen LogP contribution in [-0.2, 0) is 0 Å². The Hall–Kier alpha value is -0.300. The van der Waals surface area contributed by atoms with Gasteiger partial charge in [0.15, 0.2) is 0 Å². The largest absolute Gasteiger partial charge is 0.392 e. The van der Waals surface area contributed by atoms with Crippen LogP contribution in [0.15, 0.2) is 11.6 Å². The second-order valence-corrected chi connectivity index (χ2v) is 4.26. The summed E-state index contributed by atoms with van der Waals surface area (Å²) in [6.07, 6.45) is 5.63. The molecule has 0 aromatic carbocycles. The van der Waals surface area contributed by atoms with Crippen molar-refractivity contribution < 1.29 is 5.11 Å². The highest BCUT2D eigenvalue weighted by atomic mass is 16.3. The first kappa shape index (κ1) is 7.35. The molecule has 0 aliphatic heterocycles. The molecular formula is C10H16O. The predicted octanol–water partition coefficient (Wildman–Crippen LogP) is 2.11. The van der Waals surface area contributed by atoms with Gasteiger partial charge in [-0.25, -0.2) is 0 Å². The Morgan fingerprint density at radius 1 is 1.64 bits per heavy atom. The molecule has 0 saturated heterocycles. The average Bonchev–Trinajstić information content (AvgIpc) is 2.39. The monoisotopic (exact) mass is 152 g/mol. The molecule has 62 valence electrons. The Balaban J connectivity index is 2.34. The van der Waals surface area contributed by atoms with Crippen molar-refractivity contribution in [3.63, 3.8) is 0 Å². The number of rotatable bonds is 0. The molecule has 2 bridgehead atoms. The molecule has 11 heavy (non-hydrogen) atoms. The molecule has 3 atom stereocenters. The van der Waals surface area contributed by atoms with Crippen molar-refractivity contribution in [1.29, 1.82) is 0 Å². The molecule has 0 radical (unpaired) electrons. The van der Waals surface area contributed by atoms with Crippen LogP contribution in [0.5, 0.6) is 0 Å². The van der Waals surface area contributed by atoms with Crippen molar-refractivity contribution in [1.82, 2.24) is 0 Å². The topological polar surface area (TPSA) is 20.2 Å². The van der Waals surface area contributed by atoms with Crippen molar-refractivity contribution in [2.45, 2.75) is 39.2 Å². The maximum absolute atomic E-state index is 9.74. The Morgan fingerprint density at radius 3 is 2.73 bits per heavy atom. The summed E-state index contributed by atoms with van der Waals surface area (Å²) in [5, 5.41) is 9.74. The van der Waals surface area contributed by atoms with E-state index in [0.29, 0.717) is 0 Å². The van der Waals surface area contributed by atoms with Gasteiger partial charge in [0.25, 0.3) is 0 Å². The molecule has 1 nitrogen and oxygen atoms in total. The van der Waals surface area contributed by atoms with Crippen LogP contribution in [-0.4, -0.2) is 11.2 Å². The fourth-order valence-electron chi connectivity index (χ4n) is 2.89. The number of aliphatic hydroxyl groups excluding tert-OH is 1. The molecule has 0 aromatic heterocycles. The summed E-state index contributed by atoms with van der Waals surface area (Å²) >= 11 is 0. The van der Waals surface area contributed by atoms with E-state index >= 15 is 0 Å². The predicted molar refractivity (Wildman–Crippen MR) is 45.2 cm³/mol. The molecule has 0 heterocycles. The molecule has 2 aliphatic rings. The Bertz CT molecular complexity index is 207. The zero-order valence-electron chi connectivity index (χ0n) is 7.30. The first-order chi connectivity index (χ1) is 5.16. The summed E-state index contributed by atoms with van der Waals surface area (Å²) in [6, 6.07) is 0. The van der Waals surface area contributed by atoms with Crippen LogP contribution >= 0.6 is 0 Å². The first-order valence-electron chi connectivity index (χ1n) is 4.50. The molecule has 3 unspecified atom stereocenters. The molecule has 2 fully saturated rings. The van der Waals surface area contributed by atoms with Crippen molar-refractivity contribution in [2.75, 3.05) is 0 Å². The molecule has 0 amide bonds. The van der Waals surface area contributed by atoms with Gasteiger partial charge in [-0.3, -0.25) is 0 Å². The third kappa shape index (κ3) is 0.807. The van der Waals surface area contributed by atoms with Gasteiger partial charge in [0, 0.05) is 5.41 Å². The van der Waals surface area contributed by atoms with E-state index in [2.05, 4.69) is 19.9 Å². The molecule has 1 N–H and O–H groups in total. The third-order valence-electron chi connectivity index (χ3n) is 3.60. The maximum Gasteiger partial charge on any atom is 0.0633 e. The van der Waals surface area contributed by atoms with Crippen LogP contribution in [0.3, 0.4) is 0 Å². The lowest BCUT2D eigenvalue weighted by molar-refractivity contribution is 0.0834. The SMILES string of the molecule is CC=C1CC2CC(O)C1(C)C2. The summed E-state index contributed by atoms with van der Waals surface area (Å²) in [5.41, 5.74) is 1.64. The highest BCUT2D eigenvalue weighted by Crippen LogP contribution is 2.56. The highest BCUT2D eigenvalue weighted by molar-refractivity contribution is 5.25. The molecule has 2 saturated carbocycles. The third-order valence-corrected chi connectivity index (χ3v) is 3.60. The van der Waals surface area contributed by atoms with E-state index in [1.807, 2.05) is 0 Å². The first-order valence-corrected chi connectivity index (χ1v) is 4.50. The molecule has 1 heteroatoms. The minimum atomic E-state index is -0.0625. The number of aliphatic hydroxyl groups is 1. The van der Waals surface area contributed by atoms with Crippen LogP contribution in [0, 0.1) is 11.3 Å². The smallest absolute Gasteiger partial charge is 0.0633 e. The normalized spacial score (nSPS) is 52.5. The van der Waals surface area contributed by atoms with Crippen LogP contribution in [0.4, 0.5) is 0 Å².